The Morgan fingerprint density at radius 3 is 2.52 bits per heavy atom. The molecule has 4 aromatic rings. The van der Waals surface area contributed by atoms with Crippen LogP contribution in [-0.2, 0) is 27.9 Å². The molecule has 9 atom stereocenters. The number of phenolic OH excluding ortho intramolecular Hbond substituents is 1. The Bertz CT molecular complexity index is 2520. The number of rotatable bonds is 5. The van der Waals surface area contributed by atoms with E-state index in [1.165, 1.54) is 12.2 Å². The van der Waals surface area contributed by atoms with Gasteiger partial charge in [0.05, 0.1) is 20.1 Å². The second kappa shape index (κ2) is 13.0. The van der Waals surface area contributed by atoms with Gasteiger partial charge in [0.1, 0.15) is 41.9 Å². The lowest BCUT2D eigenvalue weighted by atomic mass is 9.64. The number of carboxylic acid groups (broad SMARTS) is 1. The fraction of sp³-hybridized carbons (Fsp3) is 0.413. The van der Waals surface area contributed by atoms with Crippen molar-refractivity contribution >= 4 is 11.7 Å². The van der Waals surface area contributed by atoms with Crippen molar-refractivity contribution in [2.24, 2.45) is 0 Å². The van der Waals surface area contributed by atoms with Gasteiger partial charge in [-0.2, -0.15) is 0 Å². The molecule has 0 radical (unpaired) electrons. The lowest BCUT2D eigenvalue weighted by Crippen LogP contribution is -2.79. The molecule has 0 aromatic heterocycles. The van der Waals surface area contributed by atoms with Gasteiger partial charge in [0.25, 0.3) is 5.79 Å². The van der Waals surface area contributed by atoms with Gasteiger partial charge in [-0.05, 0) is 90.0 Å². The molecule has 8 aliphatic rings. The van der Waals surface area contributed by atoms with E-state index in [9.17, 15) is 30.3 Å². The molecule has 60 heavy (non-hydrogen) atoms. The summed E-state index contributed by atoms with van der Waals surface area (Å²) in [6.07, 6.45) is -0.0977. The molecule has 12 rings (SSSR count). The van der Waals surface area contributed by atoms with Gasteiger partial charge >= 0.3 is 5.97 Å². The van der Waals surface area contributed by atoms with Gasteiger partial charge < -0.3 is 64.6 Å². The number of carbonyl (C=O) groups is 1. The van der Waals surface area contributed by atoms with Gasteiger partial charge in [-0.15, -0.1) is 0 Å². The van der Waals surface area contributed by atoms with Crippen molar-refractivity contribution in [1.29, 1.82) is 0 Å². The molecule has 4 aromatic carbocycles. The Morgan fingerprint density at radius 1 is 0.950 bits per heavy atom. The first-order valence-corrected chi connectivity index (χ1v) is 20.5. The summed E-state index contributed by atoms with van der Waals surface area (Å²) in [5, 5.41) is 62.3. The molecule has 7 N–H and O–H groups in total. The molecule has 2 fully saturated rings. The Hall–Kier alpha value is -5.51. The Morgan fingerprint density at radius 2 is 1.77 bits per heavy atom. The lowest BCUT2D eigenvalue weighted by molar-refractivity contribution is -0.356. The fourth-order valence-electron chi connectivity index (χ4n) is 11.5. The number of hydrogen-bond acceptors (Lipinski definition) is 13. The second-order valence-corrected chi connectivity index (χ2v) is 17.2. The number of hydrogen-bond donors (Lipinski definition) is 7. The van der Waals surface area contributed by atoms with E-state index in [4.69, 9.17) is 28.4 Å². The van der Waals surface area contributed by atoms with E-state index in [0.717, 1.165) is 53.5 Å². The Kier molecular flexibility index (Phi) is 8.12. The van der Waals surface area contributed by atoms with Crippen molar-refractivity contribution in [2.75, 3.05) is 26.6 Å². The highest BCUT2D eigenvalue weighted by Gasteiger charge is 2.70. The maximum Gasteiger partial charge on any atom is 0.343 e. The predicted octanol–water partition coefficient (Wildman–Crippen LogP) is 4.57. The Labute approximate surface area is 345 Å². The molecule has 9 unspecified atom stereocenters. The summed E-state index contributed by atoms with van der Waals surface area (Å²) in [5.74, 6) is -1.95. The molecular weight excluding hydrogens is 773 g/mol. The van der Waals surface area contributed by atoms with Gasteiger partial charge in [0.15, 0.2) is 29.1 Å². The predicted molar refractivity (Wildman–Crippen MR) is 215 cm³/mol. The number of methoxy groups -OCH3 is 2. The van der Waals surface area contributed by atoms with Crippen molar-refractivity contribution in [3.8, 4) is 45.6 Å². The number of aliphatic hydroxyl groups is 3. The van der Waals surface area contributed by atoms with E-state index in [2.05, 4.69) is 34.9 Å². The zero-order chi connectivity index (χ0) is 41.5. The number of nitrogens with one attached hydrogen (secondary N) is 2. The first kappa shape index (κ1) is 37.5. The summed E-state index contributed by atoms with van der Waals surface area (Å²) >= 11 is 0. The minimum Gasteiger partial charge on any atom is -0.508 e. The van der Waals surface area contributed by atoms with E-state index in [1.54, 1.807) is 32.4 Å². The summed E-state index contributed by atoms with van der Waals surface area (Å²) < 4.78 is 39.8. The van der Waals surface area contributed by atoms with E-state index in [0.29, 0.717) is 58.3 Å². The summed E-state index contributed by atoms with van der Waals surface area (Å²) in [4.78, 5) is 12.8. The first-order valence-electron chi connectivity index (χ1n) is 20.5. The number of phenols is 1. The molecule has 312 valence electrons. The number of anilines is 1. The van der Waals surface area contributed by atoms with Crippen LogP contribution in [-0.4, -0.2) is 94.6 Å². The smallest absolute Gasteiger partial charge is 0.343 e. The number of aliphatic hydroxyl groups excluding tert-OH is 3. The van der Waals surface area contributed by atoms with Crippen LogP contribution in [0.4, 0.5) is 5.69 Å². The monoisotopic (exact) mass is 818 g/mol. The van der Waals surface area contributed by atoms with Gasteiger partial charge in [0, 0.05) is 23.1 Å². The van der Waals surface area contributed by atoms with Crippen LogP contribution in [0.15, 0.2) is 66.7 Å². The molecule has 14 nitrogen and oxygen atoms in total. The SMILES string of the molecule is CNCc1cc(OC)c(OC)c2c1C1C(O2)c2c3cc4c(c2OC1C1(CCCC1)c1cccc(c1)Cc1ccc(O)cc1-3)NC1C=CC2(C(=O)O)OC1(O4)C(O)C(O)C2O. The molecule has 8 bridgehead atoms. The van der Waals surface area contributed by atoms with Crippen LogP contribution in [0.25, 0.3) is 11.1 Å². The summed E-state index contributed by atoms with van der Waals surface area (Å²) in [6, 6.07) is 16.7. The minimum atomic E-state index is -2.41. The molecule has 6 heterocycles. The summed E-state index contributed by atoms with van der Waals surface area (Å²) in [6.45, 7) is 0.511. The maximum absolute atomic E-state index is 12.8. The van der Waals surface area contributed by atoms with Crippen molar-refractivity contribution in [2.45, 2.75) is 97.9 Å². The number of carboxylic acids is 1. The molecule has 2 aliphatic carbocycles. The van der Waals surface area contributed by atoms with Gasteiger partial charge in [-0.1, -0.05) is 49.2 Å². The second-order valence-electron chi connectivity index (χ2n) is 17.2. The number of ether oxygens (including phenoxy) is 6. The van der Waals surface area contributed by atoms with Crippen LogP contribution in [0, 0.1) is 0 Å². The van der Waals surface area contributed by atoms with Gasteiger partial charge in [0.2, 0.25) is 11.4 Å². The summed E-state index contributed by atoms with van der Waals surface area (Å²) in [5.41, 5.74) is 4.58. The van der Waals surface area contributed by atoms with Crippen molar-refractivity contribution < 1.29 is 58.7 Å². The number of aromatic hydroxyl groups is 1. The van der Waals surface area contributed by atoms with E-state index in [-0.39, 0.29) is 17.4 Å². The van der Waals surface area contributed by atoms with Gasteiger partial charge in [-0.25, -0.2) is 4.79 Å². The zero-order valence-corrected chi connectivity index (χ0v) is 33.2. The first-order chi connectivity index (χ1) is 29.0. The highest BCUT2D eigenvalue weighted by atomic mass is 16.7. The zero-order valence-electron chi connectivity index (χ0n) is 33.2. The van der Waals surface area contributed by atoms with E-state index >= 15 is 0 Å². The molecule has 14 heteroatoms. The molecular formula is C46H46N2O12. The standard InChI is InChI=1S/C46H46N2O12/c1-47-20-23-17-29(55-2)36(56-3)39-31(23)33-37(57-39)32-27-19-28-34(48-30-11-14-45(43(53)54)40(51)35(50)41(52)46(30,59-28)60-45)38(32)58-42(33)44(12-4-5-13-44)24-8-6-7-21(16-24)15-22-9-10-25(49)18-26(22)27/h6-11,14,16-19,30,33,35,37,40-42,47-52H,4-5,12-13,15,20H2,1-3H3,(H,53,54). The van der Waals surface area contributed by atoms with E-state index < -0.39 is 59.3 Å². The quantitative estimate of drug-likeness (QED) is 0.138. The van der Waals surface area contributed by atoms with Crippen LogP contribution in [0.1, 0.15) is 71.1 Å². The van der Waals surface area contributed by atoms with Crippen LogP contribution in [0.5, 0.6) is 34.5 Å². The average molecular weight is 819 g/mol. The van der Waals surface area contributed by atoms with Gasteiger partial charge in [-0.3, -0.25) is 0 Å². The average Bonchev–Trinajstić information content (AvgIpc) is 3.91. The van der Waals surface area contributed by atoms with E-state index in [1.807, 2.05) is 19.2 Å². The molecule has 0 amide bonds. The normalized spacial score (nSPS) is 31.7. The van der Waals surface area contributed by atoms with Crippen LogP contribution >= 0.6 is 0 Å². The topological polar surface area (TPSA) is 198 Å². The van der Waals surface area contributed by atoms with Crippen molar-refractivity contribution in [3.05, 3.63) is 100 Å². The molecule has 1 saturated carbocycles. The third kappa shape index (κ3) is 4.79. The minimum absolute atomic E-state index is 0.0278. The third-order valence-corrected chi connectivity index (χ3v) is 14.2. The van der Waals surface area contributed by atoms with Crippen LogP contribution in [0.2, 0.25) is 0 Å². The molecule has 2 spiro atoms. The van der Waals surface area contributed by atoms with Crippen molar-refractivity contribution in [1.82, 2.24) is 5.32 Å². The maximum atomic E-state index is 12.8. The fourth-order valence-corrected chi connectivity index (χ4v) is 11.5. The van der Waals surface area contributed by atoms with Crippen molar-refractivity contribution in [3.63, 3.8) is 0 Å². The number of aliphatic carboxylic acids is 1. The molecule has 6 aliphatic heterocycles. The number of benzene rings is 4. The van der Waals surface area contributed by atoms with Crippen LogP contribution < -0.4 is 34.3 Å². The molecule has 1 saturated heterocycles. The highest BCUT2D eigenvalue weighted by Crippen LogP contribution is 2.67. The Balaban J connectivity index is 1.23. The highest BCUT2D eigenvalue weighted by molar-refractivity contribution is 5.87. The largest absolute Gasteiger partial charge is 0.508 e. The third-order valence-electron chi connectivity index (χ3n) is 14.2. The summed E-state index contributed by atoms with van der Waals surface area (Å²) in [7, 11) is 5.10. The van der Waals surface area contributed by atoms with Crippen LogP contribution in [0.3, 0.4) is 0 Å². The lowest BCUT2D eigenvalue weighted by Gasteiger charge is -2.57. The number of fused-ring (bicyclic) bond motifs is 3.